The van der Waals surface area contributed by atoms with E-state index in [9.17, 15) is 0 Å². The Morgan fingerprint density at radius 2 is 1.81 bits per heavy atom. The van der Waals surface area contributed by atoms with E-state index in [0.29, 0.717) is 18.5 Å². The summed E-state index contributed by atoms with van der Waals surface area (Å²) in [7, 11) is 1.54. The lowest BCUT2D eigenvalue weighted by molar-refractivity contribution is -0.906. The van der Waals surface area contributed by atoms with Crippen molar-refractivity contribution in [3.63, 3.8) is 0 Å². The third-order valence-corrected chi connectivity index (χ3v) is 4.18. The van der Waals surface area contributed by atoms with Crippen LogP contribution in [0.15, 0.2) is 24.3 Å². The van der Waals surface area contributed by atoms with E-state index in [2.05, 4.69) is 25.6 Å². The van der Waals surface area contributed by atoms with Gasteiger partial charge in [-0.2, -0.15) is 15.0 Å². The fourth-order valence-electron chi connectivity index (χ4n) is 2.77. The molecule has 1 aromatic carbocycles. The molecule has 146 valence electrons. The van der Waals surface area contributed by atoms with E-state index >= 15 is 0 Å². The summed E-state index contributed by atoms with van der Waals surface area (Å²) in [6, 6.07) is 7.88. The van der Waals surface area contributed by atoms with Crippen LogP contribution in [0.4, 0.5) is 17.6 Å². The quantitative estimate of drug-likeness (QED) is 0.578. The zero-order valence-electron chi connectivity index (χ0n) is 15.8. The minimum atomic E-state index is 0.264. The van der Waals surface area contributed by atoms with Crippen LogP contribution in [0.3, 0.4) is 0 Å². The number of rotatable bonds is 9. The molecule has 9 nitrogen and oxygen atoms in total. The highest BCUT2D eigenvalue weighted by molar-refractivity contribution is 5.55. The molecule has 0 spiro atoms. The fraction of sp³-hybridized carbons (Fsp3) is 0.500. The maximum absolute atomic E-state index is 5.45. The summed E-state index contributed by atoms with van der Waals surface area (Å²) in [6.45, 7) is 8.07. The van der Waals surface area contributed by atoms with Gasteiger partial charge in [-0.1, -0.05) is 0 Å². The van der Waals surface area contributed by atoms with Gasteiger partial charge in [0.25, 0.3) is 0 Å². The van der Waals surface area contributed by atoms with E-state index in [1.165, 1.54) is 12.0 Å². The first-order chi connectivity index (χ1) is 13.3. The number of aromatic nitrogens is 3. The molecule has 0 unspecified atom stereocenters. The second-order valence-electron chi connectivity index (χ2n) is 6.09. The zero-order chi connectivity index (χ0) is 18.9. The monoisotopic (exact) mass is 375 g/mol. The van der Waals surface area contributed by atoms with Crippen molar-refractivity contribution in [1.29, 1.82) is 0 Å². The number of quaternary nitrogens is 1. The molecule has 1 aromatic heterocycles. The van der Waals surface area contributed by atoms with Crippen molar-refractivity contribution in [2.45, 2.75) is 6.92 Å². The normalized spacial score (nSPS) is 14.6. The summed E-state index contributed by atoms with van der Waals surface area (Å²) in [6.07, 6.45) is 0. The summed E-state index contributed by atoms with van der Waals surface area (Å²) in [5.74, 6) is 1.74. The molecule has 0 amide bonds. The van der Waals surface area contributed by atoms with Gasteiger partial charge in [-0.15, -0.1) is 0 Å². The molecule has 0 aliphatic carbocycles. The molecule has 27 heavy (non-hydrogen) atoms. The van der Waals surface area contributed by atoms with Gasteiger partial charge in [-0.05, 0) is 31.2 Å². The maximum atomic E-state index is 5.45. The molecule has 0 atom stereocenters. The predicted octanol–water partition coefficient (Wildman–Crippen LogP) is 0.350. The summed E-state index contributed by atoms with van der Waals surface area (Å²) in [5, 5.41) is 6.42. The first kappa shape index (κ1) is 19.1. The van der Waals surface area contributed by atoms with Crippen molar-refractivity contribution in [2.75, 3.05) is 63.7 Å². The number of hydrogen-bond donors (Lipinski definition) is 3. The molecule has 3 rings (SSSR count). The van der Waals surface area contributed by atoms with Crippen LogP contribution in [0, 0.1) is 0 Å². The third kappa shape index (κ3) is 5.93. The van der Waals surface area contributed by atoms with Crippen LogP contribution in [0.2, 0.25) is 0 Å². The molecular formula is C18H27N6O3+. The van der Waals surface area contributed by atoms with Gasteiger partial charge in [0.2, 0.25) is 11.9 Å². The number of morpholine rings is 1. The smallest absolute Gasteiger partial charge is 0.322 e. The van der Waals surface area contributed by atoms with Crippen LogP contribution < -0.4 is 25.0 Å². The van der Waals surface area contributed by atoms with Crippen molar-refractivity contribution in [3.05, 3.63) is 24.3 Å². The molecular weight excluding hydrogens is 348 g/mol. The molecule has 0 radical (unpaired) electrons. The summed E-state index contributed by atoms with van der Waals surface area (Å²) < 4.78 is 16.0. The summed E-state index contributed by atoms with van der Waals surface area (Å²) in [5.41, 5.74) is 0.857. The number of ether oxygens (including phenoxy) is 3. The minimum Gasteiger partial charge on any atom is -0.494 e. The maximum Gasteiger partial charge on any atom is 0.322 e. The van der Waals surface area contributed by atoms with Gasteiger partial charge < -0.3 is 29.7 Å². The van der Waals surface area contributed by atoms with Crippen LogP contribution in [0.1, 0.15) is 6.92 Å². The first-order valence-corrected chi connectivity index (χ1v) is 9.22. The molecule has 0 saturated carbocycles. The van der Waals surface area contributed by atoms with Crippen LogP contribution in [-0.2, 0) is 4.74 Å². The highest BCUT2D eigenvalue weighted by atomic mass is 16.5. The number of benzene rings is 1. The first-order valence-electron chi connectivity index (χ1n) is 9.22. The second kappa shape index (κ2) is 9.89. The van der Waals surface area contributed by atoms with Gasteiger partial charge in [-0.25, -0.2) is 0 Å². The van der Waals surface area contributed by atoms with E-state index in [1.54, 1.807) is 0 Å². The van der Waals surface area contributed by atoms with Crippen LogP contribution in [0.25, 0.3) is 0 Å². The van der Waals surface area contributed by atoms with Gasteiger partial charge >= 0.3 is 6.01 Å². The zero-order valence-corrected chi connectivity index (χ0v) is 15.8. The average molecular weight is 375 g/mol. The molecule has 2 heterocycles. The molecule has 1 fully saturated rings. The molecule has 1 aliphatic heterocycles. The number of methoxy groups -OCH3 is 1. The van der Waals surface area contributed by atoms with Crippen LogP contribution >= 0.6 is 0 Å². The van der Waals surface area contributed by atoms with Gasteiger partial charge in [0.05, 0.1) is 40.0 Å². The Labute approximate surface area is 159 Å². The van der Waals surface area contributed by atoms with Gasteiger partial charge in [0, 0.05) is 5.69 Å². The summed E-state index contributed by atoms with van der Waals surface area (Å²) in [4.78, 5) is 14.5. The Morgan fingerprint density at radius 3 is 2.52 bits per heavy atom. The predicted molar refractivity (Wildman–Crippen MR) is 102 cm³/mol. The lowest BCUT2D eigenvalue weighted by Gasteiger charge is -2.23. The summed E-state index contributed by atoms with van der Waals surface area (Å²) >= 11 is 0. The number of anilines is 3. The van der Waals surface area contributed by atoms with Gasteiger partial charge in [0.1, 0.15) is 18.8 Å². The van der Waals surface area contributed by atoms with Crippen LogP contribution in [0.5, 0.6) is 11.8 Å². The molecule has 0 bridgehead atoms. The van der Waals surface area contributed by atoms with Crippen LogP contribution in [-0.4, -0.2) is 68.1 Å². The van der Waals surface area contributed by atoms with Gasteiger partial charge in [0.15, 0.2) is 0 Å². The lowest BCUT2D eigenvalue weighted by Crippen LogP contribution is -3.14. The van der Waals surface area contributed by atoms with E-state index in [-0.39, 0.29) is 6.01 Å². The average Bonchev–Trinajstić information content (AvgIpc) is 2.70. The molecule has 3 N–H and O–H groups in total. The SMILES string of the molecule is CCOc1ccc(Nc2nc(NCC[NH+]3CCOCC3)nc(OC)n2)cc1. The van der Waals surface area contributed by atoms with Crippen molar-refractivity contribution in [3.8, 4) is 11.8 Å². The Kier molecular flexibility index (Phi) is 7.00. The fourth-order valence-corrected chi connectivity index (χ4v) is 2.77. The Morgan fingerprint density at radius 1 is 1.07 bits per heavy atom. The Balaban J connectivity index is 1.60. The largest absolute Gasteiger partial charge is 0.494 e. The highest BCUT2D eigenvalue weighted by Crippen LogP contribution is 2.19. The number of nitrogens with zero attached hydrogens (tertiary/aromatic N) is 3. The van der Waals surface area contributed by atoms with E-state index in [4.69, 9.17) is 14.2 Å². The van der Waals surface area contributed by atoms with Gasteiger partial charge in [-0.3, -0.25) is 0 Å². The molecule has 1 saturated heterocycles. The molecule has 2 aromatic rings. The van der Waals surface area contributed by atoms with E-state index in [1.807, 2.05) is 31.2 Å². The van der Waals surface area contributed by atoms with Crippen molar-refractivity contribution < 1.29 is 19.1 Å². The third-order valence-electron chi connectivity index (χ3n) is 4.18. The van der Waals surface area contributed by atoms with Crippen molar-refractivity contribution in [1.82, 2.24) is 15.0 Å². The standard InChI is InChI=1S/C18H26N6O3/c1-3-27-15-6-4-14(5-7-15)20-17-21-16(22-18(23-17)25-2)19-8-9-24-10-12-26-13-11-24/h4-7H,3,8-13H2,1-2H3,(H2,19,20,21,22,23)/p+1. The van der Waals surface area contributed by atoms with E-state index in [0.717, 1.165) is 50.8 Å². The second-order valence-corrected chi connectivity index (χ2v) is 6.09. The Bertz CT molecular complexity index is 707. The Hall–Kier alpha value is -2.65. The number of hydrogen-bond acceptors (Lipinski definition) is 8. The lowest BCUT2D eigenvalue weighted by atomic mass is 10.3. The molecule has 1 aliphatic rings. The molecule has 9 heteroatoms. The topological polar surface area (TPSA) is 94.9 Å². The van der Waals surface area contributed by atoms with E-state index < -0.39 is 0 Å². The highest BCUT2D eigenvalue weighted by Gasteiger charge is 2.13. The minimum absolute atomic E-state index is 0.264. The number of nitrogens with one attached hydrogen (secondary N) is 3. The van der Waals surface area contributed by atoms with Crippen molar-refractivity contribution >= 4 is 17.6 Å². The van der Waals surface area contributed by atoms with Crippen molar-refractivity contribution in [2.24, 2.45) is 0 Å².